The topological polar surface area (TPSA) is 46.4 Å². The molecule has 0 radical (unpaired) electrons. The van der Waals surface area contributed by atoms with Gasteiger partial charge in [0.05, 0.1) is 17.3 Å². The average molecular weight is 352 g/mol. The first-order valence-electron chi connectivity index (χ1n) is 8.73. The summed E-state index contributed by atoms with van der Waals surface area (Å²) in [6.07, 6.45) is 2.20. The summed E-state index contributed by atoms with van der Waals surface area (Å²) in [5, 5.41) is 4.24. The molecule has 1 aromatic heterocycles. The smallest absolute Gasteiger partial charge is 0.283 e. The number of fused-ring (bicyclic) bond motifs is 1. The number of nitrogens with zero attached hydrogens (tertiary/aromatic N) is 1. The van der Waals surface area contributed by atoms with Crippen molar-refractivity contribution in [3.63, 3.8) is 0 Å². The molecule has 0 bridgehead atoms. The summed E-state index contributed by atoms with van der Waals surface area (Å²) in [6.45, 7) is 0.733. The molecule has 2 aromatic carbocycles. The molecule has 1 heterocycles. The van der Waals surface area contributed by atoms with Crippen LogP contribution in [0.15, 0.2) is 54.6 Å². The van der Waals surface area contributed by atoms with E-state index in [0.717, 1.165) is 40.4 Å². The van der Waals surface area contributed by atoms with Crippen LogP contribution in [-0.2, 0) is 11.3 Å². The highest BCUT2D eigenvalue weighted by atomic mass is 32.1. The first-order chi connectivity index (χ1) is 12.2. The number of likely N-dealkylation sites (N-methyl/N-ethyl adjacent to an activating group) is 1. The molecule has 2 N–H and O–H groups in total. The van der Waals surface area contributed by atoms with Gasteiger partial charge in [-0.2, -0.15) is 0 Å². The van der Waals surface area contributed by atoms with Gasteiger partial charge in [-0.3, -0.25) is 4.79 Å². The molecule has 2 atom stereocenters. The van der Waals surface area contributed by atoms with E-state index in [1.165, 1.54) is 4.70 Å². The van der Waals surface area contributed by atoms with Gasteiger partial charge in [0.2, 0.25) is 0 Å². The SMILES string of the molecule is C[NH+](Cc1nc2ccccc2s1)[C@@H](C(=O)NC1CC1)c1ccccc1. The molecule has 4 nitrogen and oxygen atoms in total. The van der Waals surface area contributed by atoms with Crippen molar-refractivity contribution in [2.75, 3.05) is 7.05 Å². The standard InChI is InChI=1S/C20H21N3OS/c1-23(13-18-22-16-9-5-6-10-17(16)25-18)19(14-7-3-2-4-8-14)20(24)21-15-11-12-15/h2-10,15,19H,11-13H2,1H3,(H,21,24)/p+1/t19-/m1/s1. The van der Waals surface area contributed by atoms with E-state index in [4.69, 9.17) is 4.98 Å². The highest BCUT2D eigenvalue weighted by Gasteiger charge is 2.33. The lowest BCUT2D eigenvalue weighted by Gasteiger charge is -2.24. The van der Waals surface area contributed by atoms with Crippen molar-refractivity contribution in [1.29, 1.82) is 0 Å². The summed E-state index contributed by atoms with van der Waals surface area (Å²) in [4.78, 5) is 18.7. The van der Waals surface area contributed by atoms with E-state index in [0.29, 0.717) is 6.04 Å². The van der Waals surface area contributed by atoms with E-state index in [1.807, 2.05) is 48.5 Å². The monoisotopic (exact) mass is 352 g/mol. The molecule has 1 saturated carbocycles. The molecular formula is C20H22N3OS+. The van der Waals surface area contributed by atoms with E-state index in [2.05, 4.69) is 18.4 Å². The molecule has 0 saturated heterocycles. The molecule has 0 aliphatic heterocycles. The number of thiazole rings is 1. The van der Waals surface area contributed by atoms with E-state index < -0.39 is 0 Å². The third-order valence-corrected chi connectivity index (χ3v) is 5.62. The number of amides is 1. The molecule has 1 amide bonds. The Morgan fingerprint density at radius 2 is 1.92 bits per heavy atom. The predicted octanol–water partition coefficient (Wildman–Crippen LogP) is 2.33. The van der Waals surface area contributed by atoms with Crippen LogP contribution in [0.25, 0.3) is 10.2 Å². The Labute approximate surface area is 151 Å². The van der Waals surface area contributed by atoms with Gasteiger partial charge in [-0.15, -0.1) is 11.3 Å². The molecule has 5 heteroatoms. The quantitative estimate of drug-likeness (QED) is 0.715. The number of para-hydroxylation sites is 1. The van der Waals surface area contributed by atoms with Gasteiger partial charge in [0.15, 0.2) is 6.04 Å². The van der Waals surface area contributed by atoms with Crippen molar-refractivity contribution in [2.24, 2.45) is 0 Å². The second-order valence-corrected chi connectivity index (χ2v) is 7.84. The minimum absolute atomic E-state index is 0.118. The normalized spacial score (nSPS) is 16.5. The second kappa shape index (κ2) is 6.94. The highest BCUT2D eigenvalue weighted by molar-refractivity contribution is 7.18. The number of aromatic nitrogens is 1. The molecule has 1 unspecified atom stereocenters. The van der Waals surface area contributed by atoms with Crippen molar-refractivity contribution in [3.05, 3.63) is 65.2 Å². The number of quaternary nitrogens is 1. The lowest BCUT2D eigenvalue weighted by Crippen LogP contribution is -3.09. The molecule has 3 aromatic rings. The van der Waals surface area contributed by atoms with Crippen LogP contribution in [0.4, 0.5) is 0 Å². The molecule has 1 aliphatic carbocycles. The fraction of sp³-hybridized carbons (Fsp3) is 0.300. The number of rotatable bonds is 6. The van der Waals surface area contributed by atoms with Crippen LogP contribution in [-0.4, -0.2) is 24.0 Å². The van der Waals surface area contributed by atoms with Crippen LogP contribution in [0.3, 0.4) is 0 Å². The Kier molecular flexibility index (Phi) is 4.51. The third kappa shape index (κ3) is 3.72. The van der Waals surface area contributed by atoms with Gasteiger partial charge in [-0.1, -0.05) is 42.5 Å². The van der Waals surface area contributed by atoms with Crippen LogP contribution in [0.1, 0.15) is 29.5 Å². The van der Waals surface area contributed by atoms with Gasteiger partial charge in [-0.05, 0) is 25.0 Å². The van der Waals surface area contributed by atoms with Crippen LogP contribution in [0, 0.1) is 0 Å². The van der Waals surface area contributed by atoms with Crippen LogP contribution in [0.5, 0.6) is 0 Å². The molecule has 1 fully saturated rings. The number of carbonyl (C=O) groups is 1. The van der Waals surface area contributed by atoms with Crippen LogP contribution in [0.2, 0.25) is 0 Å². The first-order valence-corrected chi connectivity index (χ1v) is 9.54. The third-order valence-electron chi connectivity index (χ3n) is 4.58. The maximum absolute atomic E-state index is 12.8. The maximum Gasteiger partial charge on any atom is 0.283 e. The number of carbonyl (C=O) groups excluding carboxylic acids is 1. The average Bonchev–Trinajstić information content (AvgIpc) is 3.32. The summed E-state index contributed by atoms with van der Waals surface area (Å²) in [6, 6.07) is 18.4. The number of nitrogens with one attached hydrogen (secondary N) is 2. The Hall–Kier alpha value is -2.24. The van der Waals surface area contributed by atoms with Crippen LogP contribution < -0.4 is 10.2 Å². The van der Waals surface area contributed by atoms with E-state index in [1.54, 1.807) is 11.3 Å². The number of hydrogen-bond donors (Lipinski definition) is 2. The summed E-state index contributed by atoms with van der Waals surface area (Å²) in [5.41, 5.74) is 2.09. The minimum atomic E-state index is -0.214. The fourth-order valence-corrected chi connectivity index (χ4v) is 4.22. The molecular weight excluding hydrogens is 330 g/mol. The Bertz CT molecular complexity index is 840. The maximum atomic E-state index is 12.8. The van der Waals surface area contributed by atoms with Crippen molar-refractivity contribution >= 4 is 27.5 Å². The Balaban J connectivity index is 1.57. The van der Waals surface area contributed by atoms with E-state index >= 15 is 0 Å². The minimum Gasteiger partial charge on any atom is -0.348 e. The van der Waals surface area contributed by atoms with E-state index in [9.17, 15) is 4.79 Å². The zero-order chi connectivity index (χ0) is 17.2. The lowest BCUT2D eigenvalue weighted by molar-refractivity contribution is -0.916. The number of benzene rings is 2. The highest BCUT2D eigenvalue weighted by Crippen LogP contribution is 2.22. The van der Waals surface area contributed by atoms with Gasteiger partial charge in [-0.25, -0.2) is 4.98 Å². The molecule has 128 valence electrons. The van der Waals surface area contributed by atoms with Gasteiger partial charge in [0.25, 0.3) is 5.91 Å². The first kappa shape index (κ1) is 16.2. The van der Waals surface area contributed by atoms with Crippen molar-refractivity contribution < 1.29 is 9.69 Å². The lowest BCUT2D eigenvalue weighted by atomic mass is 10.0. The van der Waals surface area contributed by atoms with Crippen molar-refractivity contribution in [1.82, 2.24) is 10.3 Å². The van der Waals surface area contributed by atoms with Crippen molar-refractivity contribution in [3.8, 4) is 0 Å². The van der Waals surface area contributed by atoms with E-state index in [-0.39, 0.29) is 11.9 Å². The Morgan fingerprint density at radius 3 is 2.64 bits per heavy atom. The summed E-state index contributed by atoms with van der Waals surface area (Å²) >= 11 is 1.71. The molecule has 25 heavy (non-hydrogen) atoms. The van der Waals surface area contributed by atoms with Gasteiger partial charge >= 0.3 is 0 Å². The van der Waals surface area contributed by atoms with Crippen molar-refractivity contribution in [2.45, 2.75) is 31.5 Å². The van der Waals surface area contributed by atoms with Gasteiger partial charge in [0, 0.05) is 11.6 Å². The second-order valence-electron chi connectivity index (χ2n) is 6.73. The molecule has 0 spiro atoms. The fourth-order valence-electron chi connectivity index (χ4n) is 3.15. The van der Waals surface area contributed by atoms with Gasteiger partial charge < -0.3 is 10.2 Å². The zero-order valence-electron chi connectivity index (χ0n) is 14.2. The summed E-state index contributed by atoms with van der Waals surface area (Å²) < 4.78 is 1.20. The summed E-state index contributed by atoms with van der Waals surface area (Å²) in [5.74, 6) is 0.118. The molecule has 4 rings (SSSR count). The largest absolute Gasteiger partial charge is 0.348 e. The van der Waals surface area contributed by atoms with Crippen LogP contribution >= 0.6 is 11.3 Å². The Morgan fingerprint density at radius 1 is 1.20 bits per heavy atom. The zero-order valence-corrected chi connectivity index (χ0v) is 15.1. The predicted molar refractivity (Wildman–Crippen MR) is 101 cm³/mol. The number of hydrogen-bond acceptors (Lipinski definition) is 3. The summed E-state index contributed by atoms with van der Waals surface area (Å²) in [7, 11) is 2.08. The molecule has 1 aliphatic rings. The van der Waals surface area contributed by atoms with Gasteiger partial charge in [0.1, 0.15) is 11.6 Å².